The smallest absolute Gasteiger partial charge is 0.337 e. The van der Waals surface area contributed by atoms with Crippen LogP contribution in [0.1, 0.15) is 48.0 Å². The molecule has 0 N–H and O–H groups in total. The Bertz CT molecular complexity index is 567. The number of benzene rings is 1. The topological polar surface area (TPSA) is 26.3 Å². The van der Waals surface area contributed by atoms with Gasteiger partial charge in [0.2, 0.25) is 0 Å². The number of rotatable bonds is 3. The van der Waals surface area contributed by atoms with E-state index in [1.165, 1.54) is 7.11 Å². The van der Waals surface area contributed by atoms with Crippen molar-refractivity contribution >= 4 is 5.97 Å². The molecule has 1 aromatic rings. The lowest BCUT2D eigenvalue weighted by Crippen LogP contribution is -2.28. The van der Waals surface area contributed by atoms with Crippen LogP contribution in [0.2, 0.25) is 0 Å². The second-order valence-electron chi connectivity index (χ2n) is 5.61. The van der Waals surface area contributed by atoms with E-state index in [1.807, 2.05) is 0 Å². The molecule has 22 heavy (non-hydrogen) atoms. The fraction of sp³-hybridized carbons (Fsp3) is 0.500. The van der Waals surface area contributed by atoms with E-state index >= 15 is 0 Å². The third-order valence-electron chi connectivity index (χ3n) is 3.98. The Kier molecular flexibility index (Phi) is 5.54. The van der Waals surface area contributed by atoms with Crippen LogP contribution < -0.4 is 0 Å². The summed E-state index contributed by atoms with van der Waals surface area (Å²) in [4.78, 5) is 11.4. The Morgan fingerprint density at radius 1 is 1.27 bits per heavy atom. The lowest BCUT2D eigenvalue weighted by atomic mass is 9.88. The lowest BCUT2D eigenvalue weighted by Gasteiger charge is -2.22. The maximum Gasteiger partial charge on any atom is 0.337 e. The van der Waals surface area contributed by atoms with Crippen LogP contribution in [0.15, 0.2) is 24.3 Å². The van der Waals surface area contributed by atoms with Gasteiger partial charge in [0.25, 0.3) is 0 Å². The van der Waals surface area contributed by atoms with E-state index in [2.05, 4.69) is 16.6 Å². The predicted molar refractivity (Wildman–Crippen MR) is 80.8 cm³/mol. The van der Waals surface area contributed by atoms with Gasteiger partial charge < -0.3 is 4.74 Å². The fourth-order valence-electron chi connectivity index (χ4n) is 2.65. The highest BCUT2D eigenvalue weighted by molar-refractivity contribution is 5.89. The van der Waals surface area contributed by atoms with Crippen LogP contribution in [-0.4, -0.2) is 19.0 Å². The summed E-state index contributed by atoms with van der Waals surface area (Å²) in [6, 6.07) is 6.64. The minimum atomic E-state index is -2.95. The highest BCUT2D eigenvalue weighted by atomic mass is 19.3. The molecule has 1 aliphatic rings. The van der Waals surface area contributed by atoms with Crippen molar-refractivity contribution in [2.45, 2.75) is 44.4 Å². The van der Waals surface area contributed by atoms with Gasteiger partial charge in [0.15, 0.2) is 0 Å². The quantitative estimate of drug-likeness (QED) is 0.617. The Morgan fingerprint density at radius 2 is 2.00 bits per heavy atom. The van der Waals surface area contributed by atoms with Gasteiger partial charge in [-0.15, -0.1) is 0 Å². The average molecular weight is 306 g/mol. The summed E-state index contributed by atoms with van der Waals surface area (Å²) < 4.78 is 33.0. The number of carbonyl (C=O) groups excluding carboxylic acids is 1. The molecule has 118 valence electrons. The molecule has 0 aliphatic heterocycles. The standard InChI is InChI=1S/C18H20F2O2/c1-22-17(21)15-10-8-14(9-11-15)13-16-7-5-3-2-4-6-12-18(16,19)20/h8-11,16H,2-5,7,13H2,1H3. The van der Waals surface area contributed by atoms with Gasteiger partial charge in [-0.05, 0) is 42.9 Å². The molecular formula is C18H20F2O2. The lowest BCUT2D eigenvalue weighted by molar-refractivity contribution is -0.00329. The molecule has 1 aromatic carbocycles. The van der Waals surface area contributed by atoms with E-state index < -0.39 is 17.8 Å². The first-order chi connectivity index (χ1) is 10.5. The van der Waals surface area contributed by atoms with Crippen molar-refractivity contribution in [1.29, 1.82) is 0 Å². The van der Waals surface area contributed by atoms with Gasteiger partial charge in [-0.1, -0.05) is 30.9 Å². The van der Waals surface area contributed by atoms with Gasteiger partial charge in [0.1, 0.15) is 0 Å². The maximum atomic E-state index is 14.2. The maximum absolute atomic E-state index is 14.2. The average Bonchev–Trinajstić information content (AvgIpc) is 2.59. The first-order valence-corrected chi connectivity index (χ1v) is 7.58. The number of alkyl halides is 2. The van der Waals surface area contributed by atoms with Crippen LogP contribution >= 0.6 is 0 Å². The Balaban J connectivity index is 2.12. The van der Waals surface area contributed by atoms with Gasteiger partial charge in [0.05, 0.1) is 12.7 Å². The van der Waals surface area contributed by atoms with Crippen LogP contribution in [0.5, 0.6) is 0 Å². The van der Waals surface area contributed by atoms with Gasteiger partial charge in [-0.25, -0.2) is 4.79 Å². The van der Waals surface area contributed by atoms with Crippen LogP contribution in [0.3, 0.4) is 0 Å². The minimum Gasteiger partial charge on any atom is -0.465 e. The van der Waals surface area contributed by atoms with Crippen LogP contribution in [-0.2, 0) is 11.2 Å². The number of methoxy groups -OCH3 is 1. The largest absolute Gasteiger partial charge is 0.465 e. The number of hydrogen-bond donors (Lipinski definition) is 0. The molecule has 0 saturated carbocycles. The number of esters is 1. The third kappa shape index (κ3) is 4.30. The molecule has 0 saturated heterocycles. The fourth-order valence-corrected chi connectivity index (χ4v) is 2.65. The zero-order valence-corrected chi connectivity index (χ0v) is 12.7. The molecule has 0 radical (unpaired) electrons. The van der Waals surface area contributed by atoms with E-state index in [4.69, 9.17) is 0 Å². The first-order valence-electron chi connectivity index (χ1n) is 7.58. The summed E-state index contributed by atoms with van der Waals surface area (Å²) in [6.07, 6.45) is 3.93. The van der Waals surface area contributed by atoms with Gasteiger partial charge >= 0.3 is 11.9 Å². The van der Waals surface area contributed by atoms with Crippen molar-refractivity contribution in [3.8, 4) is 11.8 Å². The van der Waals surface area contributed by atoms with Gasteiger partial charge in [-0.2, -0.15) is 8.78 Å². The molecule has 1 unspecified atom stereocenters. The molecule has 0 heterocycles. The predicted octanol–water partition coefficient (Wildman–Crippen LogP) is 4.23. The molecule has 1 atom stereocenters. The van der Waals surface area contributed by atoms with E-state index in [1.54, 1.807) is 24.3 Å². The van der Waals surface area contributed by atoms with Crippen molar-refractivity contribution in [3.05, 3.63) is 35.4 Å². The summed E-state index contributed by atoms with van der Waals surface area (Å²) in [7, 11) is 1.31. The molecular weight excluding hydrogens is 286 g/mol. The van der Waals surface area contributed by atoms with Crippen LogP contribution in [0.4, 0.5) is 8.78 Å². The second-order valence-corrected chi connectivity index (χ2v) is 5.61. The monoisotopic (exact) mass is 306 g/mol. The molecule has 0 aromatic heterocycles. The zero-order valence-electron chi connectivity index (χ0n) is 12.7. The molecule has 0 spiro atoms. The SMILES string of the molecule is COC(=O)c1ccc(CC2CCCCCC#CC2(F)F)cc1. The van der Waals surface area contributed by atoms with Crippen molar-refractivity contribution < 1.29 is 18.3 Å². The normalized spacial score (nSPS) is 20.8. The molecule has 1 aliphatic carbocycles. The second kappa shape index (κ2) is 7.40. The zero-order chi connectivity index (χ0) is 16.0. The van der Waals surface area contributed by atoms with Crippen molar-refractivity contribution in [1.82, 2.24) is 0 Å². The number of halogens is 2. The summed E-state index contributed by atoms with van der Waals surface area (Å²) >= 11 is 0. The van der Waals surface area contributed by atoms with Crippen molar-refractivity contribution in [2.24, 2.45) is 5.92 Å². The molecule has 0 fully saturated rings. The summed E-state index contributed by atoms with van der Waals surface area (Å²) in [5.41, 5.74) is 1.21. The van der Waals surface area contributed by atoms with E-state index in [0.717, 1.165) is 24.8 Å². The summed E-state index contributed by atoms with van der Waals surface area (Å²) in [5.74, 6) is 0.602. The van der Waals surface area contributed by atoms with E-state index in [9.17, 15) is 13.6 Å². The van der Waals surface area contributed by atoms with E-state index in [0.29, 0.717) is 18.4 Å². The highest BCUT2D eigenvalue weighted by Crippen LogP contribution is 2.32. The minimum absolute atomic E-state index is 0.267. The van der Waals surface area contributed by atoms with Gasteiger partial charge in [-0.3, -0.25) is 0 Å². The molecule has 2 rings (SSSR count). The highest BCUT2D eigenvalue weighted by Gasteiger charge is 2.37. The number of ether oxygens (including phenoxy) is 1. The molecule has 2 nitrogen and oxygen atoms in total. The first kappa shape index (κ1) is 16.5. The Morgan fingerprint density at radius 3 is 2.68 bits per heavy atom. The van der Waals surface area contributed by atoms with Crippen LogP contribution in [0.25, 0.3) is 0 Å². The summed E-state index contributed by atoms with van der Waals surface area (Å²) in [6.45, 7) is 0. The van der Waals surface area contributed by atoms with E-state index in [-0.39, 0.29) is 6.42 Å². The molecule has 4 heteroatoms. The van der Waals surface area contributed by atoms with Gasteiger partial charge in [0, 0.05) is 12.3 Å². The Hall–Kier alpha value is -1.89. The molecule has 0 amide bonds. The van der Waals surface area contributed by atoms with Crippen molar-refractivity contribution in [2.75, 3.05) is 7.11 Å². The van der Waals surface area contributed by atoms with Crippen molar-refractivity contribution in [3.63, 3.8) is 0 Å². The number of hydrogen-bond acceptors (Lipinski definition) is 2. The number of carbonyl (C=O) groups is 1. The Labute approximate surface area is 129 Å². The summed E-state index contributed by atoms with van der Waals surface area (Å²) in [5, 5.41) is 0. The third-order valence-corrected chi connectivity index (χ3v) is 3.98. The van der Waals surface area contributed by atoms with Crippen LogP contribution in [0, 0.1) is 17.8 Å². The molecule has 0 bridgehead atoms.